The second-order valence-corrected chi connectivity index (χ2v) is 6.22. The Hall–Kier alpha value is -1.02. The van der Waals surface area contributed by atoms with Crippen molar-refractivity contribution in [3.05, 3.63) is 29.3 Å². The molecule has 3 rings (SSSR count). The number of benzene rings is 1. The van der Waals surface area contributed by atoms with Gasteiger partial charge in [0.25, 0.3) is 0 Å². The summed E-state index contributed by atoms with van der Waals surface area (Å²) in [6, 6.07) is 7.17. The van der Waals surface area contributed by atoms with Crippen LogP contribution in [0.4, 0.5) is 0 Å². The molecule has 0 aromatic heterocycles. The lowest BCUT2D eigenvalue weighted by Gasteiger charge is -2.42. The Morgan fingerprint density at radius 3 is 2.61 bits per heavy atom. The summed E-state index contributed by atoms with van der Waals surface area (Å²) in [5.41, 5.74) is 2.78. The highest BCUT2D eigenvalue weighted by Gasteiger charge is 2.43. The van der Waals surface area contributed by atoms with E-state index < -0.39 is 0 Å². The maximum absolute atomic E-state index is 6.41. The second kappa shape index (κ2) is 4.27. The molecule has 0 N–H and O–H groups in total. The molecule has 2 heteroatoms. The molecule has 1 aliphatic heterocycles. The Kier molecular flexibility index (Phi) is 2.86. The topological polar surface area (TPSA) is 12.5 Å². The Bertz CT molecular complexity index is 446. The van der Waals surface area contributed by atoms with E-state index in [9.17, 15) is 0 Å². The summed E-state index contributed by atoms with van der Waals surface area (Å²) in [4.78, 5) is 2.34. The normalized spacial score (nSPS) is 25.2. The quantitative estimate of drug-likeness (QED) is 0.748. The smallest absolute Gasteiger partial charge is 0.125 e. The first-order valence-electron chi connectivity index (χ1n) is 7.06. The predicted molar refractivity (Wildman–Crippen MR) is 74.1 cm³/mol. The van der Waals surface area contributed by atoms with Crippen molar-refractivity contribution in [2.24, 2.45) is 0 Å². The molecule has 0 saturated heterocycles. The summed E-state index contributed by atoms with van der Waals surface area (Å²) in [5.74, 6) is 1.13. The second-order valence-electron chi connectivity index (χ2n) is 6.22. The van der Waals surface area contributed by atoms with Crippen LogP contribution in [0.5, 0.6) is 5.75 Å². The van der Waals surface area contributed by atoms with Crippen molar-refractivity contribution in [2.75, 3.05) is 14.1 Å². The van der Waals surface area contributed by atoms with E-state index in [-0.39, 0.29) is 5.60 Å². The number of rotatable bonds is 1. The fourth-order valence-electron chi connectivity index (χ4n) is 3.53. The number of fused-ring (bicyclic) bond motifs is 1. The number of aryl methyl sites for hydroxylation is 1. The maximum atomic E-state index is 6.41. The highest BCUT2D eigenvalue weighted by molar-refractivity contribution is 5.42. The van der Waals surface area contributed by atoms with E-state index >= 15 is 0 Å². The molecule has 1 heterocycles. The minimum Gasteiger partial charge on any atom is -0.487 e. The molecule has 1 atom stereocenters. The van der Waals surface area contributed by atoms with Crippen molar-refractivity contribution in [1.82, 2.24) is 4.90 Å². The van der Waals surface area contributed by atoms with Gasteiger partial charge in [0.15, 0.2) is 0 Å². The molecule has 2 aliphatic rings. The summed E-state index contributed by atoms with van der Waals surface area (Å²) in [5, 5.41) is 0. The lowest BCUT2D eigenvalue weighted by molar-refractivity contribution is 0.0178. The Labute approximate surface area is 110 Å². The van der Waals surface area contributed by atoms with Gasteiger partial charge in [-0.15, -0.1) is 0 Å². The van der Waals surface area contributed by atoms with Gasteiger partial charge >= 0.3 is 0 Å². The van der Waals surface area contributed by atoms with Gasteiger partial charge in [-0.2, -0.15) is 0 Å². The fourth-order valence-corrected chi connectivity index (χ4v) is 3.53. The minimum absolute atomic E-state index is 0.121. The predicted octanol–water partition coefficient (Wildman–Crippen LogP) is 3.69. The third-order valence-electron chi connectivity index (χ3n) is 4.56. The summed E-state index contributed by atoms with van der Waals surface area (Å²) in [6.45, 7) is 2.14. The monoisotopic (exact) mass is 245 g/mol. The zero-order valence-electron chi connectivity index (χ0n) is 11.7. The molecule has 1 unspecified atom stereocenters. The van der Waals surface area contributed by atoms with E-state index in [4.69, 9.17) is 4.74 Å². The van der Waals surface area contributed by atoms with Crippen LogP contribution in [0.25, 0.3) is 0 Å². The van der Waals surface area contributed by atoms with Crippen LogP contribution in [-0.4, -0.2) is 24.6 Å². The molecule has 2 nitrogen and oxygen atoms in total. The standard InChI is InChI=1S/C16H23NO/c1-12-6-7-13-14(17(2)3)11-16(8-4-5-9-16)18-15(13)10-12/h6-7,10,14H,4-5,8-9,11H2,1-3H3. The van der Waals surface area contributed by atoms with E-state index in [0.29, 0.717) is 6.04 Å². The molecule has 18 heavy (non-hydrogen) atoms. The molecule has 1 aromatic rings. The van der Waals surface area contributed by atoms with Gasteiger partial charge in [0.1, 0.15) is 11.4 Å². The first-order valence-corrected chi connectivity index (χ1v) is 7.06. The van der Waals surface area contributed by atoms with E-state index in [0.717, 1.165) is 12.2 Å². The molecule has 1 aliphatic carbocycles. The number of nitrogens with zero attached hydrogens (tertiary/aromatic N) is 1. The van der Waals surface area contributed by atoms with Gasteiger partial charge in [0.05, 0.1) is 0 Å². The van der Waals surface area contributed by atoms with Gasteiger partial charge in [-0.3, -0.25) is 0 Å². The van der Waals surface area contributed by atoms with E-state index in [1.54, 1.807) is 0 Å². The Morgan fingerprint density at radius 1 is 1.22 bits per heavy atom. The van der Waals surface area contributed by atoms with Crippen LogP contribution >= 0.6 is 0 Å². The molecule has 1 fully saturated rings. The first kappa shape index (κ1) is 12.0. The van der Waals surface area contributed by atoms with Gasteiger partial charge in [0, 0.05) is 18.0 Å². The van der Waals surface area contributed by atoms with Crippen molar-refractivity contribution in [3.8, 4) is 5.75 Å². The van der Waals surface area contributed by atoms with Crippen LogP contribution in [0, 0.1) is 6.92 Å². The lowest BCUT2D eigenvalue weighted by Crippen LogP contribution is -2.41. The van der Waals surface area contributed by atoms with Crippen LogP contribution in [0.2, 0.25) is 0 Å². The molecule has 1 spiro atoms. The van der Waals surface area contributed by atoms with Gasteiger partial charge in [-0.25, -0.2) is 0 Å². The van der Waals surface area contributed by atoms with Gasteiger partial charge in [-0.1, -0.05) is 12.1 Å². The van der Waals surface area contributed by atoms with Crippen LogP contribution in [-0.2, 0) is 0 Å². The zero-order valence-corrected chi connectivity index (χ0v) is 11.7. The van der Waals surface area contributed by atoms with Crippen molar-refractivity contribution < 1.29 is 4.74 Å². The maximum Gasteiger partial charge on any atom is 0.125 e. The average Bonchev–Trinajstić information content (AvgIpc) is 2.75. The molecule has 0 radical (unpaired) electrons. The highest BCUT2D eigenvalue weighted by Crippen LogP contribution is 2.48. The SMILES string of the molecule is Cc1ccc2c(c1)OC1(CCCC1)CC2N(C)C. The molecule has 1 aromatic carbocycles. The Morgan fingerprint density at radius 2 is 1.94 bits per heavy atom. The largest absolute Gasteiger partial charge is 0.487 e. The highest BCUT2D eigenvalue weighted by atomic mass is 16.5. The van der Waals surface area contributed by atoms with Crippen molar-refractivity contribution in [1.29, 1.82) is 0 Å². The van der Waals surface area contributed by atoms with Crippen LogP contribution < -0.4 is 4.74 Å². The van der Waals surface area contributed by atoms with E-state index in [2.05, 4.69) is 44.1 Å². The van der Waals surface area contributed by atoms with Gasteiger partial charge in [-0.05, 0) is 58.3 Å². The average molecular weight is 245 g/mol. The molecule has 98 valence electrons. The minimum atomic E-state index is 0.121. The lowest BCUT2D eigenvalue weighted by atomic mass is 9.85. The van der Waals surface area contributed by atoms with Crippen molar-refractivity contribution in [2.45, 2.75) is 50.7 Å². The van der Waals surface area contributed by atoms with E-state index in [1.807, 2.05) is 0 Å². The Balaban J connectivity index is 2.02. The third-order valence-corrected chi connectivity index (χ3v) is 4.56. The summed E-state index contributed by atoms with van der Waals surface area (Å²) in [6.07, 6.45) is 6.24. The molecular weight excluding hydrogens is 222 g/mol. The fraction of sp³-hybridized carbons (Fsp3) is 0.625. The molecule has 0 bridgehead atoms. The first-order chi connectivity index (χ1) is 8.60. The zero-order chi connectivity index (χ0) is 12.8. The number of hydrogen-bond acceptors (Lipinski definition) is 2. The summed E-state index contributed by atoms with van der Waals surface area (Å²) >= 11 is 0. The molecule has 0 amide bonds. The van der Waals surface area contributed by atoms with Crippen molar-refractivity contribution in [3.63, 3.8) is 0 Å². The summed E-state index contributed by atoms with van der Waals surface area (Å²) in [7, 11) is 4.37. The van der Waals surface area contributed by atoms with Crippen LogP contribution in [0.3, 0.4) is 0 Å². The molecular formula is C16H23NO. The van der Waals surface area contributed by atoms with E-state index in [1.165, 1.54) is 36.8 Å². The number of ether oxygens (including phenoxy) is 1. The van der Waals surface area contributed by atoms with Crippen LogP contribution in [0.15, 0.2) is 18.2 Å². The number of hydrogen-bond donors (Lipinski definition) is 0. The summed E-state index contributed by atoms with van der Waals surface area (Å²) < 4.78 is 6.41. The third kappa shape index (κ3) is 1.93. The van der Waals surface area contributed by atoms with Crippen LogP contribution in [0.1, 0.15) is 49.3 Å². The molecule has 1 saturated carbocycles. The van der Waals surface area contributed by atoms with Crippen molar-refractivity contribution >= 4 is 0 Å². The van der Waals surface area contributed by atoms with Gasteiger partial charge in [0.2, 0.25) is 0 Å². The van der Waals surface area contributed by atoms with Gasteiger partial charge < -0.3 is 9.64 Å².